The van der Waals surface area contributed by atoms with E-state index in [9.17, 15) is 24.5 Å². The number of imide groups is 1. The number of nitro benzene ring substituents is 1. The van der Waals surface area contributed by atoms with Gasteiger partial charge in [-0.2, -0.15) is 0 Å². The van der Waals surface area contributed by atoms with Crippen LogP contribution in [0, 0.1) is 10.1 Å². The van der Waals surface area contributed by atoms with Gasteiger partial charge in [-0.1, -0.05) is 12.1 Å². The van der Waals surface area contributed by atoms with Crippen molar-refractivity contribution in [2.45, 2.75) is 0 Å². The van der Waals surface area contributed by atoms with Crippen LogP contribution in [0.4, 0.5) is 10.5 Å². The highest BCUT2D eigenvalue weighted by molar-refractivity contribution is 6.15. The summed E-state index contributed by atoms with van der Waals surface area (Å²) >= 11 is 0. The van der Waals surface area contributed by atoms with Crippen molar-refractivity contribution in [2.24, 2.45) is 0 Å². The molecule has 3 rings (SSSR count). The van der Waals surface area contributed by atoms with E-state index in [1.165, 1.54) is 36.4 Å². The van der Waals surface area contributed by atoms with Crippen LogP contribution in [-0.4, -0.2) is 41.4 Å². The number of amides is 3. The lowest BCUT2D eigenvalue weighted by atomic mass is 10.1. The quantitative estimate of drug-likeness (QED) is 0.279. The number of para-hydroxylation sites is 1. The van der Waals surface area contributed by atoms with E-state index in [2.05, 4.69) is 10.1 Å². The van der Waals surface area contributed by atoms with Crippen LogP contribution >= 0.6 is 0 Å². The minimum absolute atomic E-state index is 0.0904. The molecule has 2 heterocycles. The normalized spacial score (nSPS) is 15.1. The molecular formula is C17H13N3O7. The Morgan fingerprint density at radius 3 is 2.74 bits per heavy atom. The molecule has 0 atom stereocenters. The molecule has 0 bridgehead atoms. The maximum atomic E-state index is 12.2. The van der Waals surface area contributed by atoms with E-state index in [4.69, 9.17) is 4.42 Å². The smallest absolute Gasteiger partial charge is 0.329 e. The van der Waals surface area contributed by atoms with E-state index in [-0.39, 0.29) is 28.5 Å². The van der Waals surface area contributed by atoms with E-state index >= 15 is 0 Å². The molecule has 138 valence electrons. The van der Waals surface area contributed by atoms with Crippen LogP contribution in [-0.2, 0) is 14.3 Å². The maximum absolute atomic E-state index is 12.2. The van der Waals surface area contributed by atoms with E-state index in [0.29, 0.717) is 4.90 Å². The Balaban J connectivity index is 1.86. The molecule has 1 aromatic carbocycles. The zero-order valence-corrected chi connectivity index (χ0v) is 14.0. The van der Waals surface area contributed by atoms with Crippen LogP contribution in [0.1, 0.15) is 5.76 Å². The zero-order valence-electron chi connectivity index (χ0n) is 14.0. The molecule has 10 nitrogen and oxygen atoms in total. The van der Waals surface area contributed by atoms with Gasteiger partial charge in [-0.25, -0.2) is 9.69 Å². The fourth-order valence-corrected chi connectivity index (χ4v) is 2.47. The molecule has 27 heavy (non-hydrogen) atoms. The van der Waals surface area contributed by atoms with Crippen LogP contribution in [0.15, 0.2) is 46.5 Å². The molecule has 2 aromatic rings. The summed E-state index contributed by atoms with van der Waals surface area (Å²) in [6, 6.07) is 8.31. The van der Waals surface area contributed by atoms with E-state index in [1.54, 1.807) is 6.07 Å². The first kappa shape index (κ1) is 17.9. The number of esters is 1. The summed E-state index contributed by atoms with van der Waals surface area (Å²) in [4.78, 5) is 46.6. The molecule has 0 aliphatic carbocycles. The van der Waals surface area contributed by atoms with Gasteiger partial charge in [-0.15, -0.1) is 0 Å². The van der Waals surface area contributed by atoms with Gasteiger partial charge >= 0.3 is 12.0 Å². The van der Waals surface area contributed by atoms with Crippen molar-refractivity contribution in [3.8, 4) is 11.3 Å². The van der Waals surface area contributed by atoms with Crippen LogP contribution in [0.2, 0.25) is 0 Å². The minimum atomic E-state index is -0.762. The zero-order chi connectivity index (χ0) is 19.6. The van der Waals surface area contributed by atoms with Gasteiger partial charge in [-0.05, 0) is 18.2 Å². The van der Waals surface area contributed by atoms with E-state index < -0.39 is 29.4 Å². The molecule has 0 saturated carbocycles. The third-order valence-electron chi connectivity index (χ3n) is 3.76. The highest BCUT2D eigenvalue weighted by Crippen LogP contribution is 2.31. The summed E-state index contributed by atoms with van der Waals surface area (Å²) in [6.45, 7) is -0.516. The number of carbonyl (C=O) groups excluding carboxylic acids is 3. The molecule has 0 radical (unpaired) electrons. The van der Waals surface area contributed by atoms with Crippen molar-refractivity contribution in [3.63, 3.8) is 0 Å². The summed E-state index contributed by atoms with van der Waals surface area (Å²) in [6.07, 6.45) is 1.27. The number of benzene rings is 1. The number of methoxy groups -OCH3 is 1. The average Bonchev–Trinajstić information content (AvgIpc) is 3.22. The van der Waals surface area contributed by atoms with Gasteiger partial charge in [0.15, 0.2) is 0 Å². The molecule has 10 heteroatoms. The summed E-state index contributed by atoms with van der Waals surface area (Å²) in [7, 11) is 1.14. The largest absolute Gasteiger partial charge is 0.468 e. The number of nitrogens with zero attached hydrogens (tertiary/aromatic N) is 2. The predicted molar refractivity (Wildman–Crippen MR) is 91.0 cm³/mol. The van der Waals surface area contributed by atoms with Gasteiger partial charge in [-0.3, -0.25) is 19.7 Å². The topological polar surface area (TPSA) is 132 Å². The SMILES string of the molecule is COC(=O)CN1C(=O)N/C(=C\c2ccc(-c3ccccc3[N+](=O)[O-])o2)C1=O. The molecule has 1 aromatic heterocycles. The lowest BCUT2D eigenvalue weighted by Gasteiger charge is -2.08. The minimum Gasteiger partial charge on any atom is -0.468 e. The van der Waals surface area contributed by atoms with Crippen LogP contribution in [0.3, 0.4) is 0 Å². The number of hydrogen-bond donors (Lipinski definition) is 1. The summed E-state index contributed by atoms with van der Waals surface area (Å²) < 4.78 is 9.99. The van der Waals surface area contributed by atoms with Crippen LogP contribution < -0.4 is 5.32 Å². The molecule has 1 aliphatic rings. The van der Waals surface area contributed by atoms with Crippen molar-refractivity contribution >= 4 is 29.7 Å². The third kappa shape index (κ3) is 3.54. The van der Waals surface area contributed by atoms with Crippen molar-refractivity contribution in [1.29, 1.82) is 0 Å². The Bertz CT molecular complexity index is 976. The Morgan fingerprint density at radius 2 is 2.04 bits per heavy atom. The number of nitrogens with one attached hydrogen (secondary N) is 1. The lowest BCUT2D eigenvalue weighted by molar-refractivity contribution is -0.384. The summed E-state index contributed by atoms with van der Waals surface area (Å²) in [5.41, 5.74) is 0.0640. The summed E-state index contributed by atoms with van der Waals surface area (Å²) in [5, 5.41) is 13.5. The summed E-state index contributed by atoms with van der Waals surface area (Å²) in [5.74, 6) is -1.02. The van der Waals surface area contributed by atoms with E-state index in [1.807, 2.05) is 0 Å². The van der Waals surface area contributed by atoms with Gasteiger partial charge in [0, 0.05) is 12.1 Å². The number of carbonyl (C=O) groups is 3. The highest BCUT2D eigenvalue weighted by Gasteiger charge is 2.35. The van der Waals surface area contributed by atoms with Crippen LogP contribution in [0.5, 0.6) is 0 Å². The standard InChI is InChI=1S/C17H13N3O7/c1-26-15(21)9-19-16(22)12(18-17(19)23)8-10-6-7-14(27-10)11-4-2-3-5-13(11)20(24)25/h2-8H,9H2,1H3,(H,18,23)/b12-8-. The second-order valence-corrected chi connectivity index (χ2v) is 5.43. The molecule has 1 saturated heterocycles. The fraction of sp³-hybridized carbons (Fsp3) is 0.118. The molecule has 0 unspecified atom stereocenters. The van der Waals surface area contributed by atoms with Crippen LogP contribution in [0.25, 0.3) is 17.4 Å². The number of furan rings is 1. The van der Waals surface area contributed by atoms with Gasteiger partial charge in [0.25, 0.3) is 11.6 Å². The predicted octanol–water partition coefficient (Wildman–Crippen LogP) is 1.92. The number of urea groups is 1. The van der Waals surface area contributed by atoms with Crippen molar-refractivity contribution in [2.75, 3.05) is 13.7 Å². The Labute approximate surface area is 152 Å². The first-order valence-electron chi connectivity index (χ1n) is 7.65. The first-order chi connectivity index (χ1) is 12.9. The fourth-order valence-electron chi connectivity index (χ4n) is 2.47. The number of nitro groups is 1. The molecule has 1 aliphatic heterocycles. The second kappa shape index (κ2) is 7.12. The highest BCUT2D eigenvalue weighted by atomic mass is 16.6. The van der Waals surface area contributed by atoms with Gasteiger partial charge in [0.1, 0.15) is 23.8 Å². The van der Waals surface area contributed by atoms with Crippen molar-refractivity contribution in [1.82, 2.24) is 10.2 Å². The lowest BCUT2D eigenvalue weighted by Crippen LogP contribution is -2.36. The van der Waals surface area contributed by atoms with Gasteiger partial charge in [0.2, 0.25) is 0 Å². The number of ether oxygens (including phenoxy) is 1. The van der Waals surface area contributed by atoms with Crippen molar-refractivity contribution in [3.05, 3.63) is 58.0 Å². The molecular weight excluding hydrogens is 358 g/mol. The third-order valence-corrected chi connectivity index (χ3v) is 3.76. The monoisotopic (exact) mass is 371 g/mol. The molecule has 0 spiro atoms. The average molecular weight is 371 g/mol. The number of hydrogen-bond acceptors (Lipinski definition) is 7. The molecule has 3 amide bonds. The Hall–Kier alpha value is -3.95. The first-order valence-corrected chi connectivity index (χ1v) is 7.65. The van der Waals surface area contributed by atoms with Gasteiger partial charge in [0.05, 0.1) is 17.6 Å². The van der Waals surface area contributed by atoms with E-state index in [0.717, 1.165) is 7.11 Å². The Morgan fingerprint density at radius 1 is 1.30 bits per heavy atom. The molecule has 1 N–H and O–H groups in total. The molecule has 1 fully saturated rings. The number of rotatable bonds is 5. The van der Waals surface area contributed by atoms with Crippen molar-refractivity contribution < 1.29 is 28.5 Å². The van der Waals surface area contributed by atoms with Gasteiger partial charge < -0.3 is 14.5 Å². The Kier molecular flexibility index (Phi) is 4.71. The maximum Gasteiger partial charge on any atom is 0.329 e. The second-order valence-electron chi connectivity index (χ2n) is 5.43.